The van der Waals surface area contributed by atoms with E-state index in [2.05, 4.69) is 15.1 Å². The number of carbonyl (C=O) groups excluding carboxylic acids is 2. The lowest BCUT2D eigenvalue weighted by molar-refractivity contribution is -0.137. The van der Waals surface area contributed by atoms with Gasteiger partial charge in [-0.15, -0.1) is 0 Å². The van der Waals surface area contributed by atoms with Crippen molar-refractivity contribution in [1.29, 1.82) is 0 Å². The van der Waals surface area contributed by atoms with Gasteiger partial charge >= 0.3 is 6.18 Å². The first-order valence-electron chi connectivity index (χ1n) is 11.2. The normalized spacial score (nSPS) is 16.7. The molecule has 0 aliphatic carbocycles. The molecule has 1 fully saturated rings. The molecule has 0 bridgehead atoms. The standard InChI is InChI=1S/C25H30F3N3O2/c1-19(32)23(16-20-6-3-2-4-7-20)29-24(33)18-31-13-5-12-30(14-15-31)17-21-8-10-22(11-9-21)25(26,27)28/h2-4,6-11,23H,5,12-18H2,1H3,(H,29,33). The van der Waals surface area contributed by atoms with Crippen LogP contribution in [0.4, 0.5) is 13.2 Å². The SMILES string of the molecule is CC(=O)C(Cc1ccccc1)NC(=O)CN1CCCN(Cc2ccc(C(F)(F)F)cc2)CC1. The summed E-state index contributed by atoms with van der Waals surface area (Å²) in [5, 5.41) is 2.87. The van der Waals surface area contributed by atoms with E-state index in [0.717, 1.165) is 42.8 Å². The zero-order valence-electron chi connectivity index (χ0n) is 18.8. The lowest BCUT2D eigenvalue weighted by Gasteiger charge is -2.23. The Morgan fingerprint density at radius 1 is 0.909 bits per heavy atom. The average molecular weight is 462 g/mol. The van der Waals surface area contributed by atoms with Crippen LogP contribution in [-0.4, -0.2) is 60.3 Å². The van der Waals surface area contributed by atoms with Crippen molar-refractivity contribution in [1.82, 2.24) is 15.1 Å². The van der Waals surface area contributed by atoms with Crippen LogP contribution in [0.3, 0.4) is 0 Å². The number of amides is 1. The smallest absolute Gasteiger partial charge is 0.345 e. The summed E-state index contributed by atoms with van der Waals surface area (Å²) in [6.07, 6.45) is -3.01. The maximum absolute atomic E-state index is 12.7. The first-order valence-corrected chi connectivity index (χ1v) is 11.2. The minimum atomic E-state index is -4.33. The van der Waals surface area contributed by atoms with Gasteiger partial charge in [-0.1, -0.05) is 42.5 Å². The third-order valence-electron chi connectivity index (χ3n) is 5.84. The molecular formula is C25H30F3N3O2. The van der Waals surface area contributed by atoms with Crippen LogP contribution in [0.15, 0.2) is 54.6 Å². The summed E-state index contributed by atoms with van der Waals surface area (Å²) >= 11 is 0. The Kier molecular flexibility index (Phi) is 8.63. The molecule has 178 valence electrons. The second-order valence-electron chi connectivity index (χ2n) is 8.52. The van der Waals surface area contributed by atoms with E-state index >= 15 is 0 Å². The van der Waals surface area contributed by atoms with Gasteiger partial charge < -0.3 is 5.32 Å². The zero-order chi connectivity index (χ0) is 23.8. The van der Waals surface area contributed by atoms with Crippen LogP contribution in [0.25, 0.3) is 0 Å². The van der Waals surface area contributed by atoms with Crippen LogP contribution in [0.1, 0.15) is 30.0 Å². The van der Waals surface area contributed by atoms with Gasteiger partial charge in [0.1, 0.15) is 0 Å². The van der Waals surface area contributed by atoms with Gasteiger partial charge in [-0.2, -0.15) is 13.2 Å². The van der Waals surface area contributed by atoms with E-state index in [1.165, 1.54) is 19.1 Å². The van der Waals surface area contributed by atoms with Crippen molar-refractivity contribution >= 4 is 11.7 Å². The Labute approximate surface area is 192 Å². The van der Waals surface area contributed by atoms with Crippen molar-refractivity contribution in [3.05, 3.63) is 71.3 Å². The molecule has 0 saturated carbocycles. The Hall–Kier alpha value is -2.71. The molecule has 33 heavy (non-hydrogen) atoms. The van der Waals surface area contributed by atoms with Gasteiger partial charge in [-0.3, -0.25) is 19.4 Å². The Balaban J connectivity index is 1.47. The first kappa shape index (κ1) is 24.9. The van der Waals surface area contributed by atoms with Crippen molar-refractivity contribution in [3.8, 4) is 0 Å². The number of ketones is 1. The number of Topliss-reactive ketones (excluding diaryl/α,β-unsaturated/α-hetero) is 1. The minimum absolute atomic E-state index is 0.0780. The molecule has 1 aliphatic rings. The van der Waals surface area contributed by atoms with E-state index in [4.69, 9.17) is 0 Å². The molecule has 1 unspecified atom stereocenters. The second kappa shape index (κ2) is 11.4. The summed E-state index contributed by atoms with van der Waals surface area (Å²) in [6, 6.07) is 14.3. The topological polar surface area (TPSA) is 52.7 Å². The highest BCUT2D eigenvalue weighted by atomic mass is 19.4. The van der Waals surface area contributed by atoms with E-state index in [1.807, 2.05) is 30.3 Å². The van der Waals surface area contributed by atoms with Crippen LogP contribution in [0.2, 0.25) is 0 Å². The van der Waals surface area contributed by atoms with Crippen LogP contribution >= 0.6 is 0 Å². The first-order chi connectivity index (χ1) is 15.7. The molecule has 0 radical (unpaired) electrons. The van der Waals surface area contributed by atoms with Crippen molar-refractivity contribution < 1.29 is 22.8 Å². The monoisotopic (exact) mass is 461 g/mol. The quantitative estimate of drug-likeness (QED) is 0.654. The number of hydrogen-bond acceptors (Lipinski definition) is 4. The highest BCUT2D eigenvalue weighted by Gasteiger charge is 2.30. The maximum Gasteiger partial charge on any atom is 0.416 e. The molecule has 0 spiro atoms. The number of nitrogens with zero attached hydrogens (tertiary/aromatic N) is 2. The predicted molar refractivity (Wildman–Crippen MR) is 121 cm³/mol. The molecule has 1 amide bonds. The van der Waals surface area contributed by atoms with Crippen molar-refractivity contribution in [3.63, 3.8) is 0 Å². The summed E-state index contributed by atoms with van der Waals surface area (Å²) in [6.45, 7) is 5.23. The van der Waals surface area contributed by atoms with E-state index < -0.39 is 17.8 Å². The maximum atomic E-state index is 12.7. The van der Waals surface area contributed by atoms with Gasteiger partial charge in [0, 0.05) is 19.6 Å². The predicted octanol–water partition coefficient (Wildman–Crippen LogP) is 3.53. The Bertz CT molecular complexity index is 917. The third-order valence-corrected chi connectivity index (χ3v) is 5.84. The molecule has 1 saturated heterocycles. The van der Waals surface area contributed by atoms with E-state index in [1.54, 1.807) is 0 Å². The molecule has 8 heteroatoms. The van der Waals surface area contributed by atoms with Crippen molar-refractivity contribution in [2.24, 2.45) is 0 Å². The van der Waals surface area contributed by atoms with Crippen LogP contribution < -0.4 is 5.32 Å². The summed E-state index contributed by atoms with van der Waals surface area (Å²) in [7, 11) is 0. The lowest BCUT2D eigenvalue weighted by Crippen LogP contribution is -2.46. The molecule has 2 aromatic carbocycles. The average Bonchev–Trinajstić information content (AvgIpc) is 2.98. The van der Waals surface area contributed by atoms with Gasteiger partial charge in [0.25, 0.3) is 0 Å². The fourth-order valence-electron chi connectivity index (χ4n) is 3.99. The molecule has 1 N–H and O–H groups in total. The molecule has 1 atom stereocenters. The molecule has 2 aromatic rings. The molecule has 0 aromatic heterocycles. The highest BCUT2D eigenvalue weighted by Crippen LogP contribution is 2.29. The molecule has 3 rings (SSSR count). The van der Waals surface area contributed by atoms with Gasteiger partial charge in [0.2, 0.25) is 5.91 Å². The van der Waals surface area contributed by atoms with Gasteiger partial charge in [0.05, 0.1) is 18.2 Å². The summed E-state index contributed by atoms with van der Waals surface area (Å²) < 4.78 is 38.2. The summed E-state index contributed by atoms with van der Waals surface area (Å²) in [5.74, 6) is -0.256. The second-order valence-corrected chi connectivity index (χ2v) is 8.52. The number of hydrogen-bond donors (Lipinski definition) is 1. The van der Waals surface area contributed by atoms with Gasteiger partial charge in [0.15, 0.2) is 5.78 Å². The van der Waals surface area contributed by atoms with E-state index in [9.17, 15) is 22.8 Å². The fraction of sp³-hybridized carbons (Fsp3) is 0.440. The van der Waals surface area contributed by atoms with E-state index in [0.29, 0.717) is 26.1 Å². The number of rotatable bonds is 8. The van der Waals surface area contributed by atoms with Gasteiger partial charge in [-0.25, -0.2) is 0 Å². The number of nitrogens with one attached hydrogen (secondary N) is 1. The number of carbonyl (C=O) groups is 2. The number of benzene rings is 2. The number of alkyl halides is 3. The molecule has 1 aliphatic heterocycles. The molecular weight excluding hydrogens is 431 g/mol. The van der Waals surface area contributed by atoms with Gasteiger partial charge in [-0.05, 0) is 56.1 Å². The largest absolute Gasteiger partial charge is 0.416 e. The highest BCUT2D eigenvalue weighted by molar-refractivity contribution is 5.88. The Morgan fingerprint density at radius 2 is 1.55 bits per heavy atom. The fourth-order valence-corrected chi connectivity index (χ4v) is 3.99. The molecule has 5 nitrogen and oxygen atoms in total. The van der Waals surface area contributed by atoms with Crippen molar-refractivity contribution in [2.75, 3.05) is 32.7 Å². The summed E-state index contributed by atoms with van der Waals surface area (Å²) in [5.41, 5.74) is 1.18. The van der Waals surface area contributed by atoms with Crippen LogP contribution in [-0.2, 0) is 28.7 Å². The van der Waals surface area contributed by atoms with E-state index in [-0.39, 0.29) is 18.2 Å². The third kappa shape index (κ3) is 7.98. The number of halogens is 3. The molecule has 1 heterocycles. The summed E-state index contributed by atoms with van der Waals surface area (Å²) in [4.78, 5) is 28.9. The Morgan fingerprint density at radius 3 is 2.18 bits per heavy atom. The lowest BCUT2D eigenvalue weighted by atomic mass is 10.0. The van der Waals surface area contributed by atoms with Crippen LogP contribution in [0.5, 0.6) is 0 Å². The zero-order valence-corrected chi connectivity index (χ0v) is 18.8. The van der Waals surface area contributed by atoms with Crippen molar-refractivity contribution in [2.45, 2.75) is 38.5 Å². The van der Waals surface area contributed by atoms with Crippen LogP contribution in [0, 0.1) is 0 Å². The minimum Gasteiger partial charge on any atom is -0.345 e.